The van der Waals surface area contributed by atoms with Gasteiger partial charge in [-0.1, -0.05) is 0 Å². The van der Waals surface area contributed by atoms with Gasteiger partial charge in [0.2, 0.25) is 0 Å². The first kappa shape index (κ1) is 9.00. The molecule has 0 saturated heterocycles. The van der Waals surface area contributed by atoms with Crippen LogP contribution in [0.2, 0.25) is 0 Å². The van der Waals surface area contributed by atoms with Gasteiger partial charge in [-0.3, -0.25) is 4.99 Å². The average molecular weight is 181 g/mol. The third kappa shape index (κ3) is 2.44. The molecule has 0 aromatic carbocycles. The van der Waals surface area contributed by atoms with Gasteiger partial charge in [0, 0.05) is 25.0 Å². The Morgan fingerprint density at radius 3 is 2.62 bits per heavy atom. The second-order valence-corrected chi connectivity index (χ2v) is 4.19. The summed E-state index contributed by atoms with van der Waals surface area (Å²) >= 11 is 0. The predicted molar refractivity (Wildman–Crippen MR) is 54.9 cm³/mol. The maximum Gasteiger partial charge on any atom is 0.0965 e. The normalized spacial score (nSPS) is 34.4. The Kier molecular flexibility index (Phi) is 2.83. The van der Waals surface area contributed by atoms with Crippen LogP contribution in [0.15, 0.2) is 4.99 Å². The summed E-state index contributed by atoms with van der Waals surface area (Å²) in [4.78, 5) is 4.42. The van der Waals surface area contributed by atoms with Crippen LogP contribution in [-0.4, -0.2) is 24.5 Å². The Morgan fingerprint density at radius 2 is 2.00 bits per heavy atom. The molecule has 1 heterocycles. The molecule has 74 valence electrons. The molecule has 0 aromatic heterocycles. The van der Waals surface area contributed by atoms with E-state index >= 15 is 0 Å². The molecule has 0 bridgehead atoms. The fraction of sp³-hybridized carbons (Fsp3) is 0.900. The summed E-state index contributed by atoms with van der Waals surface area (Å²) in [6, 6.07) is 1.10. The maximum atomic E-state index is 5.85. The van der Waals surface area contributed by atoms with Crippen molar-refractivity contribution in [2.24, 2.45) is 10.7 Å². The molecule has 3 N–H and O–H groups in total. The predicted octanol–water partition coefficient (Wildman–Crippen LogP) is 1.04. The molecule has 0 aromatic rings. The van der Waals surface area contributed by atoms with E-state index in [2.05, 4.69) is 10.3 Å². The van der Waals surface area contributed by atoms with Gasteiger partial charge in [0.15, 0.2) is 0 Å². The van der Waals surface area contributed by atoms with E-state index in [-0.39, 0.29) is 0 Å². The Labute approximate surface area is 79.8 Å². The molecular formula is C10H19N3. The zero-order valence-electron chi connectivity index (χ0n) is 8.13. The summed E-state index contributed by atoms with van der Waals surface area (Å²) in [5.74, 6) is 1.24. The van der Waals surface area contributed by atoms with Crippen molar-refractivity contribution in [3.63, 3.8) is 0 Å². The van der Waals surface area contributed by atoms with Gasteiger partial charge in [0.05, 0.1) is 5.84 Å². The lowest BCUT2D eigenvalue weighted by atomic mass is 9.92. The highest BCUT2D eigenvalue weighted by Gasteiger charge is 2.19. The van der Waals surface area contributed by atoms with E-state index in [9.17, 15) is 0 Å². The van der Waals surface area contributed by atoms with E-state index in [0.717, 1.165) is 13.0 Å². The number of nitrogens with two attached hydrogens (primary N) is 1. The lowest BCUT2D eigenvalue weighted by Gasteiger charge is -2.27. The van der Waals surface area contributed by atoms with E-state index in [4.69, 9.17) is 5.73 Å². The maximum absolute atomic E-state index is 5.85. The van der Waals surface area contributed by atoms with Crippen molar-refractivity contribution in [1.82, 2.24) is 5.32 Å². The van der Waals surface area contributed by atoms with Crippen LogP contribution in [0.3, 0.4) is 0 Å². The molecule has 0 radical (unpaired) electrons. The number of hydrogen-bond acceptors (Lipinski definition) is 3. The van der Waals surface area contributed by atoms with Crippen LogP contribution in [0.1, 0.15) is 38.5 Å². The molecule has 1 fully saturated rings. The SMILES string of the molecule is NC1CCC(NC2=NCCC2)CC1. The van der Waals surface area contributed by atoms with Crippen LogP contribution in [-0.2, 0) is 0 Å². The second kappa shape index (κ2) is 4.09. The van der Waals surface area contributed by atoms with Crippen LogP contribution in [0, 0.1) is 0 Å². The van der Waals surface area contributed by atoms with Crippen LogP contribution in [0.5, 0.6) is 0 Å². The molecule has 3 nitrogen and oxygen atoms in total. The number of hydrogen-bond donors (Lipinski definition) is 2. The van der Waals surface area contributed by atoms with Crippen LogP contribution >= 0.6 is 0 Å². The molecular weight excluding hydrogens is 162 g/mol. The van der Waals surface area contributed by atoms with Crippen molar-refractivity contribution in [2.75, 3.05) is 6.54 Å². The molecule has 1 saturated carbocycles. The Hall–Kier alpha value is -0.570. The molecule has 0 amide bonds. The lowest BCUT2D eigenvalue weighted by molar-refractivity contribution is 0.372. The first-order chi connectivity index (χ1) is 6.34. The van der Waals surface area contributed by atoms with Crippen molar-refractivity contribution < 1.29 is 0 Å². The number of nitrogens with one attached hydrogen (secondary N) is 1. The highest BCUT2D eigenvalue weighted by atomic mass is 15.0. The zero-order valence-corrected chi connectivity index (χ0v) is 8.13. The standard InChI is InChI=1S/C10H19N3/c11-8-3-5-9(6-4-8)13-10-2-1-7-12-10/h8-9H,1-7,11H2,(H,12,13). The van der Waals surface area contributed by atoms with Crippen molar-refractivity contribution in [3.8, 4) is 0 Å². The number of aliphatic imine (C=N–C) groups is 1. The second-order valence-electron chi connectivity index (χ2n) is 4.19. The van der Waals surface area contributed by atoms with E-state index in [0.29, 0.717) is 12.1 Å². The zero-order chi connectivity index (χ0) is 9.10. The minimum Gasteiger partial charge on any atom is -0.371 e. The Bertz CT molecular complexity index is 192. The molecule has 0 spiro atoms. The van der Waals surface area contributed by atoms with Gasteiger partial charge in [-0.05, 0) is 32.1 Å². The summed E-state index contributed by atoms with van der Waals surface area (Å²) in [5.41, 5.74) is 5.85. The molecule has 2 aliphatic rings. The highest BCUT2D eigenvalue weighted by molar-refractivity contribution is 5.83. The van der Waals surface area contributed by atoms with E-state index < -0.39 is 0 Å². The summed E-state index contributed by atoms with van der Waals surface area (Å²) in [7, 11) is 0. The molecule has 0 atom stereocenters. The fourth-order valence-electron chi connectivity index (χ4n) is 2.16. The molecule has 0 unspecified atom stereocenters. The van der Waals surface area contributed by atoms with Crippen molar-refractivity contribution in [3.05, 3.63) is 0 Å². The lowest BCUT2D eigenvalue weighted by Crippen LogP contribution is -2.39. The highest BCUT2D eigenvalue weighted by Crippen LogP contribution is 2.17. The summed E-state index contributed by atoms with van der Waals surface area (Å²) in [5, 5.41) is 3.53. The molecule has 1 aliphatic heterocycles. The first-order valence-electron chi connectivity index (χ1n) is 5.40. The van der Waals surface area contributed by atoms with Crippen LogP contribution < -0.4 is 11.1 Å². The largest absolute Gasteiger partial charge is 0.371 e. The van der Waals surface area contributed by atoms with Crippen molar-refractivity contribution >= 4 is 5.84 Å². The summed E-state index contributed by atoms with van der Waals surface area (Å²) < 4.78 is 0. The fourth-order valence-corrected chi connectivity index (χ4v) is 2.16. The van der Waals surface area contributed by atoms with E-state index in [1.165, 1.54) is 37.9 Å². The molecule has 2 rings (SSSR count). The quantitative estimate of drug-likeness (QED) is 0.635. The van der Waals surface area contributed by atoms with Gasteiger partial charge >= 0.3 is 0 Å². The minimum absolute atomic E-state index is 0.448. The number of amidine groups is 1. The van der Waals surface area contributed by atoms with Crippen molar-refractivity contribution in [1.29, 1.82) is 0 Å². The molecule has 13 heavy (non-hydrogen) atoms. The van der Waals surface area contributed by atoms with Gasteiger partial charge in [-0.25, -0.2) is 0 Å². The monoisotopic (exact) mass is 181 g/mol. The summed E-state index contributed by atoms with van der Waals surface area (Å²) in [6.45, 7) is 1.02. The first-order valence-corrected chi connectivity index (χ1v) is 5.40. The third-order valence-electron chi connectivity index (χ3n) is 3.02. The molecule has 3 heteroatoms. The topological polar surface area (TPSA) is 50.4 Å². The third-order valence-corrected chi connectivity index (χ3v) is 3.02. The van der Waals surface area contributed by atoms with Crippen LogP contribution in [0.25, 0.3) is 0 Å². The molecule has 1 aliphatic carbocycles. The van der Waals surface area contributed by atoms with Crippen molar-refractivity contribution in [2.45, 2.75) is 50.6 Å². The van der Waals surface area contributed by atoms with Gasteiger partial charge in [0.1, 0.15) is 0 Å². The average Bonchev–Trinajstić information content (AvgIpc) is 2.62. The van der Waals surface area contributed by atoms with Gasteiger partial charge in [-0.2, -0.15) is 0 Å². The smallest absolute Gasteiger partial charge is 0.0965 e. The van der Waals surface area contributed by atoms with Gasteiger partial charge < -0.3 is 11.1 Å². The van der Waals surface area contributed by atoms with Gasteiger partial charge in [0.25, 0.3) is 0 Å². The van der Waals surface area contributed by atoms with Crippen LogP contribution in [0.4, 0.5) is 0 Å². The number of rotatable bonds is 1. The van der Waals surface area contributed by atoms with Gasteiger partial charge in [-0.15, -0.1) is 0 Å². The van der Waals surface area contributed by atoms with E-state index in [1.54, 1.807) is 0 Å². The number of nitrogens with zero attached hydrogens (tertiary/aromatic N) is 1. The minimum atomic E-state index is 0.448. The Balaban J connectivity index is 1.75. The van der Waals surface area contributed by atoms with E-state index in [1.807, 2.05) is 0 Å². The Morgan fingerprint density at radius 1 is 1.23 bits per heavy atom. The summed E-state index contributed by atoms with van der Waals surface area (Å²) in [6.07, 6.45) is 7.17.